The molecule has 1 aromatic carbocycles. The van der Waals surface area contributed by atoms with Crippen molar-refractivity contribution in [1.82, 2.24) is 4.98 Å². The van der Waals surface area contributed by atoms with Gasteiger partial charge >= 0.3 is 6.18 Å². The highest BCUT2D eigenvalue weighted by atomic mass is 35.5. The highest BCUT2D eigenvalue weighted by Crippen LogP contribution is 2.38. The van der Waals surface area contributed by atoms with Gasteiger partial charge in [0.2, 0.25) is 5.91 Å². The first kappa shape index (κ1) is 17.9. The number of para-hydroxylation sites is 1. The molecule has 1 aromatic heterocycles. The van der Waals surface area contributed by atoms with Gasteiger partial charge in [-0.05, 0) is 18.2 Å². The average molecular weight is 381 g/mol. The van der Waals surface area contributed by atoms with Crippen LogP contribution in [-0.2, 0) is 11.0 Å². The van der Waals surface area contributed by atoms with Crippen molar-refractivity contribution in [3.05, 3.63) is 47.1 Å². The average Bonchev–Trinajstić information content (AvgIpc) is 2.50. The number of nitrogens with zero attached hydrogens (tertiary/aromatic N) is 1. The predicted octanol–water partition coefficient (Wildman–Crippen LogP) is 5.08. The highest BCUT2D eigenvalue weighted by molar-refractivity contribution is 7.99. The molecule has 0 unspecified atom stereocenters. The van der Waals surface area contributed by atoms with Crippen LogP contribution in [0.1, 0.15) is 5.56 Å². The molecule has 1 N–H and O–H groups in total. The molecular formula is C14H9Cl2F3N2OS. The topological polar surface area (TPSA) is 42.0 Å². The normalized spacial score (nSPS) is 11.3. The Morgan fingerprint density at radius 1 is 1.30 bits per heavy atom. The maximum absolute atomic E-state index is 12.6. The van der Waals surface area contributed by atoms with Crippen LogP contribution in [0.4, 0.5) is 18.9 Å². The minimum atomic E-state index is -4.51. The summed E-state index contributed by atoms with van der Waals surface area (Å²) >= 11 is 12.4. The third kappa shape index (κ3) is 4.76. The van der Waals surface area contributed by atoms with E-state index in [0.29, 0.717) is 16.8 Å². The van der Waals surface area contributed by atoms with Crippen LogP contribution >= 0.6 is 35.0 Å². The largest absolute Gasteiger partial charge is 0.417 e. The molecule has 1 amide bonds. The van der Waals surface area contributed by atoms with Crippen molar-refractivity contribution in [3.63, 3.8) is 0 Å². The summed E-state index contributed by atoms with van der Waals surface area (Å²) in [6.07, 6.45) is -3.79. The summed E-state index contributed by atoms with van der Waals surface area (Å²) in [6.45, 7) is 0. The van der Waals surface area contributed by atoms with Gasteiger partial charge in [0.25, 0.3) is 0 Å². The molecule has 0 aliphatic rings. The van der Waals surface area contributed by atoms with Crippen molar-refractivity contribution >= 4 is 46.6 Å². The Balaban J connectivity index is 2.28. The summed E-state index contributed by atoms with van der Waals surface area (Å²) in [6, 6.07) is 7.57. The molecule has 2 rings (SSSR count). The Morgan fingerprint density at radius 2 is 2.00 bits per heavy atom. The van der Waals surface area contributed by atoms with E-state index in [2.05, 4.69) is 10.3 Å². The third-order valence-electron chi connectivity index (χ3n) is 2.62. The SMILES string of the molecule is O=C(CCl)Nc1ccccc1Sc1ncc(C(F)(F)F)cc1Cl. The molecule has 0 atom stereocenters. The maximum atomic E-state index is 12.6. The van der Waals surface area contributed by atoms with Gasteiger partial charge < -0.3 is 5.32 Å². The monoisotopic (exact) mass is 380 g/mol. The fraction of sp³-hybridized carbons (Fsp3) is 0.143. The Labute approximate surface area is 144 Å². The van der Waals surface area contributed by atoms with Gasteiger partial charge in [0.05, 0.1) is 16.3 Å². The molecule has 3 nitrogen and oxygen atoms in total. The fourth-order valence-electron chi connectivity index (χ4n) is 1.60. The van der Waals surface area contributed by atoms with Gasteiger partial charge in [-0.1, -0.05) is 35.5 Å². The molecule has 122 valence electrons. The van der Waals surface area contributed by atoms with Gasteiger partial charge in [-0.3, -0.25) is 4.79 Å². The zero-order valence-electron chi connectivity index (χ0n) is 11.3. The molecule has 0 bridgehead atoms. The number of rotatable bonds is 4. The number of aromatic nitrogens is 1. The van der Waals surface area contributed by atoms with Gasteiger partial charge in [-0.15, -0.1) is 11.6 Å². The summed E-state index contributed by atoms with van der Waals surface area (Å²) < 4.78 is 37.8. The van der Waals surface area contributed by atoms with Crippen molar-refractivity contribution in [2.24, 2.45) is 0 Å². The van der Waals surface area contributed by atoms with E-state index in [-0.39, 0.29) is 15.9 Å². The second-order valence-electron chi connectivity index (χ2n) is 4.29. The molecule has 23 heavy (non-hydrogen) atoms. The van der Waals surface area contributed by atoms with E-state index in [9.17, 15) is 18.0 Å². The van der Waals surface area contributed by atoms with Gasteiger partial charge in [-0.2, -0.15) is 13.2 Å². The summed E-state index contributed by atoms with van der Waals surface area (Å²) in [4.78, 5) is 15.7. The summed E-state index contributed by atoms with van der Waals surface area (Å²) in [5.74, 6) is -0.607. The standard InChI is InChI=1S/C14H9Cl2F3N2OS/c15-6-12(22)21-10-3-1-2-4-11(10)23-13-9(16)5-8(7-20-13)14(17,18)19/h1-5,7H,6H2,(H,21,22). The first-order chi connectivity index (χ1) is 10.8. The first-order valence-corrected chi connectivity index (χ1v) is 7.89. The summed E-state index contributed by atoms with van der Waals surface area (Å²) in [5.41, 5.74) is -0.448. The second-order valence-corrected chi connectivity index (χ2v) is 5.99. The summed E-state index contributed by atoms with van der Waals surface area (Å²) in [5, 5.41) is 2.67. The van der Waals surface area contributed by atoms with Crippen molar-refractivity contribution in [1.29, 1.82) is 0 Å². The van der Waals surface area contributed by atoms with Crippen LogP contribution < -0.4 is 5.32 Å². The number of carbonyl (C=O) groups is 1. The van der Waals surface area contributed by atoms with Crippen LogP contribution in [0, 0.1) is 0 Å². The van der Waals surface area contributed by atoms with Crippen molar-refractivity contribution < 1.29 is 18.0 Å². The Kier molecular flexibility index (Phi) is 5.78. The molecular weight excluding hydrogens is 372 g/mol. The number of alkyl halides is 4. The lowest BCUT2D eigenvalue weighted by molar-refractivity contribution is -0.137. The zero-order valence-corrected chi connectivity index (χ0v) is 13.7. The zero-order chi connectivity index (χ0) is 17.0. The Morgan fingerprint density at radius 3 is 2.61 bits per heavy atom. The molecule has 0 aliphatic carbocycles. The predicted molar refractivity (Wildman–Crippen MR) is 84.2 cm³/mol. The van der Waals surface area contributed by atoms with E-state index in [0.717, 1.165) is 17.8 Å². The van der Waals surface area contributed by atoms with Gasteiger partial charge in [0.1, 0.15) is 10.9 Å². The van der Waals surface area contributed by atoms with Crippen LogP contribution in [0.5, 0.6) is 0 Å². The van der Waals surface area contributed by atoms with Gasteiger partial charge in [0.15, 0.2) is 0 Å². The van der Waals surface area contributed by atoms with Crippen LogP contribution in [0.3, 0.4) is 0 Å². The van der Waals surface area contributed by atoms with Crippen molar-refractivity contribution in [3.8, 4) is 0 Å². The van der Waals surface area contributed by atoms with E-state index in [1.54, 1.807) is 24.3 Å². The van der Waals surface area contributed by atoms with Gasteiger partial charge in [0, 0.05) is 11.1 Å². The van der Waals surface area contributed by atoms with Crippen LogP contribution in [0.2, 0.25) is 5.02 Å². The molecule has 9 heteroatoms. The van der Waals surface area contributed by atoms with E-state index in [4.69, 9.17) is 23.2 Å². The number of halogens is 5. The molecule has 0 saturated heterocycles. The number of hydrogen-bond acceptors (Lipinski definition) is 3. The van der Waals surface area contributed by atoms with E-state index in [1.807, 2.05) is 0 Å². The highest BCUT2D eigenvalue weighted by Gasteiger charge is 2.31. The lowest BCUT2D eigenvalue weighted by Gasteiger charge is -2.11. The molecule has 1 heterocycles. The molecule has 0 saturated carbocycles. The Hall–Kier alpha value is -1.44. The van der Waals surface area contributed by atoms with Crippen molar-refractivity contribution in [2.75, 3.05) is 11.2 Å². The van der Waals surface area contributed by atoms with E-state index in [1.165, 1.54) is 0 Å². The number of nitrogens with one attached hydrogen (secondary N) is 1. The van der Waals surface area contributed by atoms with Crippen LogP contribution in [0.15, 0.2) is 46.5 Å². The lowest BCUT2D eigenvalue weighted by Crippen LogP contribution is -2.13. The second kappa shape index (κ2) is 7.42. The van der Waals surface area contributed by atoms with Crippen LogP contribution in [-0.4, -0.2) is 16.8 Å². The maximum Gasteiger partial charge on any atom is 0.417 e. The van der Waals surface area contributed by atoms with Crippen molar-refractivity contribution in [2.45, 2.75) is 16.1 Å². The quantitative estimate of drug-likeness (QED) is 0.751. The molecule has 0 radical (unpaired) electrons. The number of carbonyl (C=O) groups excluding carboxylic acids is 1. The lowest BCUT2D eigenvalue weighted by atomic mass is 10.3. The number of benzene rings is 1. The minimum absolute atomic E-state index is 0.122. The molecule has 2 aromatic rings. The molecule has 0 spiro atoms. The van der Waals surface area contributed by atoms with E-state index < -0.39 is 17.6 Å². The molecule has 0 fully saturated rings. The number of hydrogen-bond donors (Lipinski definition) is 1. The fourth-order valence-corrected chi connectivity index (χ4v) is 2.80. The van der Waals surface area contributed by atoms with Gasteiger partial charge in [-0.25, -0.2) is 4.98 Å². The molecule has 0 aliphatic heterocycles. The first-order valence-electron chi connectivity index (χ1n) is 6.16. The smallest absolute Gasteiger partial charge is 0.324 e. The number of anilines is 1. The van der Waals surface area contributed by atoms with Crippen LogP contribution in [0.25, 0.3) is 0 Å². The van der Waals surface area contributed by atoms with E-state index >= 15 is 0 Å². The minimum Gasteiger partial charge on any atom is -0.324 e. The third-order valence-corrected chi connectivity index (χ3v) is 4.36. The summed E-state index contributed by atoms with van der Waals surface area (Å²) in [7, 11) is 0. The number of pyridine rings is 1. The number of amides is 1. The Bertz CT molecular complexity index is 725.